The van der Waals surface area contributed by atoms with E-state index in [4.69, 9.17) is 9.47 Å². The van der Waals surface area contributed by atoms with Gasteiger partial charge in [-0.2, -0.15) is 0 Å². The Morgan fingerprint density at radius 2 is 1.49 bits per heavy atom. The third kappa shape index (κ3) is 13.9. The third-order valence-corrected chi connectivity index (χ3v) is 11.7. The summed E-state index contributed by atoms with van der Waals surface area (Å²) in [6.45, 7) is 27.0. The lowest BCUT2D eigenvalue weighted by atomic mass is 9.72. The van der Waals surface area contributed by atoms with Gasteiger partial charge in [-0.15, -0.1) is 0 Å². The Kier molecular flexibility index (Phi) is 16.6. The molecule has 1 aromatic carbocycles. The minimum absolute atomic E-state index is 0.148. The Labute approximate surface area is 314 Å². The van der Waals surface area contributed by atoms with E-state index in [-0.39, 0.29) is 17.0 Å². The molecule has 1 aromatic rings. The lowest BCUT2D eigenvalue weighted by molar-refractivity contribution is -0.129. The molecule has 0 fully saturated rings. The Balaban J connectivity index is 1.50. The summed E-state index contributed by atoms with van der Waals surface area (Å²) >= 11 is 0. The van der Waals surface area contributed by atoms with Crippen LogP contribution in [0.1, 0.15) is 169 Å². The van der Waals surface area contributed by atoms with E-state index in [1.807, 2.05) is 32.1 Å². The summed E-state index contributed by atoms with van der Waals surface area (Å²) in [7, 11) is 0. The van der Waals surface area contributed by atoms with Crippen molar-refractivity contribution in [3.8, 4) is 11.5 Å². The number of benzene rings is 1. The molecular weight excluding hydrogens is 625 g/mol. The molecule has 3 unspecified atom stereocenters. The maximum atomic E-state index is 13.0. The summed E-state index contributed by atoms with van der Waals surface area (Å²) in [5.74, 6) is 3.73. The van der Waals surface area contributed by atoms with Gasteiger partial charge in [-0.1, -0.05) is 128 Å². The molecule has 51 heavy (non-hydrogen) atoms. The van der Waals surface area contributed by atoms with Gasteiger partial charge < -0.3 is 9.47 Å². The van der Waals surface area contributed by atoms with Crippen molar-refractivity contribution in [1.82, 2.24) is 0 Å². The largest absolute Gasteiger partial charge is 0.487 e. The fraction of sp³-hybridized carbons (Fsp3) is 0.646. The molecule has 0 saturated heterocycles. The number of rotatable bonds is 18. The molecule has 2 aliphatic rings. The first-order valence-corrected chi connectivity index (χ1v) is 20.4. The summed E-state index contributed by atoms with van der Waals surface area (Å²) in [4.78, 5) is 13.0. The molecule has 3 rings (SSSR count). The second kappa shape index (κ2) is 19.9. The van der Waals surface area contributed by atoms with Crippen molar-refractivity contribution in [2.75, 3.05) is 0 Å². The van der Waals surface area contributed by atoms with Crippen molar-refractivity contribution >= 4 is 5.97 Å². The van der Waals surface area contributed by atoms with Crippen molar-refractivity contribution in [1.29, 1.82) is 0 Å². The normalized spacial score (nSPS) is 21.0. The number of hydrogen-bond acceptors (Lipinski definition) is 3. The van der Waals surface area contributed by atoms with E-state index >= 15 is 0 Å². The number of hydrogen-bond donors (Lipinski definition) is 0. The Morgan fingerprint density at radius 3 is 2.14 bits per heavy atom. The van der Waals surface area contributed by atoms with Gasteiger partial charge >= 0.3 is 5.97 Å². The molecule has 284 valence electrons. The van der Waals surface area contributed by atoms with Crippen LogP contribution in [0.2, 0.25) is 0 Å². The highest BCUT2D eigenvalue weighted by Gasteiger charge is 2.33. The first-order chi connectivity index (χ1) is 24.0. The predicted molar refractivity (Wildman–Crippen MR) is 220 cm³/mol. The van der Waals surface area contributed by atoms with Crippen LogP contribution in [0, 0.1) is 37.0 Å². The molecule has 0 amide bonds. The highest BCUT2D eigenvalue weighted by Crippen LogP contribution is 2.43. The van der Waals surface area contributed by atoms with Gasteiger partial charge in [0.1, 0.15) is 17.1 Å². The van der Waals surface area contributed by atoms with Gasteiger partial charge in [0, 0.05) is 6.08 Å². The number of allylic oxidation sites excluding steroid dienone is 9. The molecule has 0 aromatic heterocycles. The zero-order valence-corrected chi connectivity index (χ0v) is 34.9. The molecule has 0 radical (unpaired) electrons. The molecule has 0 N–H and O–H groups in total. The minimum atomic E-state index is -0.349. The van der Waals surface area contributed by atoms with Crippen LogP contribution in [0.25, 0.3) is 0 Å². The molecule has 3 nitrogen and oxygen atoms in total. The zero-order valence-electron chi connectivity index (χ0n) is 34.9. The zero-order chi connectivity index (χ0) is 37.8. The van der Waals surface area contributed by atoms with Crippen LogP contribution in [0.5, 0.6) is 11.5 Å². The lowest BCUT2D eigenvalue weighted by Gasteiger charge is -2.37. The molecule has 3 atom stereocenters. The van der Waals surface area contributed by atoms with E-state index in [0.717, 1.165) is 65.0 Å². The number of aryl methyl sites for hydroxylation is 1. The molecule has 1 aliphatic heterocycles. The average molecular weight is 699 g/mol. The van der Waals surface area contributed by atoms with Crippen LogP contribution in [-0.4, -0.2) is 11.6 Å². The van der Waals surface area contributed by atoms with Crippen molar-refractivity contribution in [2.45, 2.75) is 179 Å². The number of carbonyl (C=O) groups is 1. The maximum absolute atomic E-state index is 13.0. The SMILES string of the molecule is CC1=C(/C=C/C(C)=C/C=C/C(C)=C/C(=O)Oc2cc3c(c(C)c2C)OC(C)(CCCC(C)CCCC(C)CCCC(C)C)CC3)C(C)(C)CCC1. The Morgan fingerprint density at radius 1 is 0.843 bits per heavy atom. The summed E-state index contributed by atoms with van der Waals surface area (Å²) in [6, 6.07) is 2.03. The molecule has 0 saturated carbocycles. The number of carbonyl (C=O) groups excluding carboxylic acids is 1. The van der Waals surface area contributed by atoms with Crippen molar-refractivity contribution in [3.05, 3.63) is 81.5 Å². The van der Waals surface area contributed by atoms with Gasteiger partial charge in [0.25, 0.3) is 0 Å². The van der Waals surface area contributed by atoms with Crippen LogP contribution >= 0.6 is 0 Å². The van der Waals surface area contributed by atoms with Crippen LogP contribution in [-0.2, 0) is 11.2 Å². The van der Waals surface area contributed by atoms with E-state index in [9.17, 15) is 4.79 Å². The summed E-state index contributed by atoms with van der Waals surface area (Å²) in [5.41, 5.74) is 8.29. The first kappa shape index (κ1) is 42.6. The van der Waals surface area contributed by atoms with Crippen LogP contribution in [0.4, 0.5) is 0 Å². The average Bonchev–Trinajstić information content (AvgIpc) is 3.03. The second-order valence-electron chi connectivity index (χ2n) is 17.9. The number of ether oxygens (including phenoxy) is 2. The quantitative estimate of drug-likeness (QED) is 0.0662. The van der Waals surface area contributed by atoms with E-state index < -0.39 is 0 Å². The fourth-order valence-electron chi connectivity index (χ4n) is 8.04. The smallest absolute Gasteiger partial charge is 0.336 e. The number of fused-ring (bicyclic) bond motifs is 1. The van der Waals surface area contributed by atoms with Crippen LogP contribution < -0.4 is 9.47 Å². The van der Waals surface area contributed by atoms with Gasteiger partial charge in [0.15, 0.2) is 0 Å². The van der Waals surface area contributed by atoms with Crippen molar-refractivity contribution < 1.29 is 14.3 Å². The van der Waals surface area contributed by atoms with Gasteiger partial charge in [0.2, 0.25) is 0 Å². The summed E-state index contributed by atoms with van der Waals surface area (Å²) in [6.07, 6.45) is 29.5. The first-order valence-electron chi connectivity index (χ1n) is 20.4. The molecule has 0 bridgehead atoms. The fourth-order valence-corrected chi connectivity index (χ4v) is 8.04. The minimum Gasteiger partial charge on any atom is -0.487 e. The summed E-state index contributed by atoms with van der Waals surface area (Å²) in [5, 5.41) is 0. The maximum Gasteiger partial charge on any atom is 0.336 e. The Hall–Kier alpha value is -2.81. The van der Waals surface area contributed by atoms with Crippen LogP contribution in [0.3, 0.4) is 0 Å². The standard InChI is InChI=1S/C48H74O3/c1-34(2)18-13-19-35(3)20-14-21-36(4)24-16-30-48(12)31-28-42-33-44(40(8)41(9)46(42)51-48)50-45(49)32-38(6)23-15-22-37(5)26-27-43-39(7)25-17-29-47(43,10)11/h15,22-23,26-27,32-36H,13-14,16-21,24-25,28-31H2,1-12H3/b23-15+,27-26+,37-22+,38-32+. The molecule has 3 heteroatoms. The van der Waals surface area contributed by atoms with Gasteiger partial charge in [-0.25, -0.2) is 4.79 Å². The van der Waals surface area contributed by atoms with Gasteiger partial charge in [-0.3, -0.25) is 0 Å². The highest BCUT2D eigenvalue weighted by atomic mass is 16.5. The predicted octanol–water partition coefficient (Wildman–Crippen LogP) is 14.3. The van der Waals surface area contributed by atoms with Crippen LogP contribution in [0.15, 0.2) is 64.8 Å². The highest BCUT2D eigenvalue weighted by molar-refractivity contribution is 5.85. The third-order valence-electron chi connectivity index (χ3n) is 11.7. The van der Waals surface area contributed by atoms with Gasteiger partial charge in [-0.05, 0) is 144 Å². The molecule has 1 heterocycles. The van der Waals surface area contributed by atoms with E-state index in [1.165, 1.54) is 87.3 Å². The van der Waals surface area contributed by atoms with Crippen molar-refractivity contribution in [3.63, 3.8) is 0 Å². The molecular formula is C48H74O3. The lowest BCUT2D eigenvalue weighted by Crippen LogP contribution is -2.36. The monoisotopic (exact) mass is 699 g/mol. The molecule has 1 aliphatic carbocycles. The van der Waals surface area contributed by atoms with E-state index in [0.29, 0.717) is 5.75 Å². The van der Waals surface area contributed by atoms with Crippen molar-refractivity contribution in [2.24, 2.45) is 23.2 Å². The summed E-state index contributed by atoms with van der Waals surface area (Å²) < 4.78 is 12.7. The topological polar surface area (TPSA) is 35.5 Å². The Bertz CT molecular complexity index is 1460. The second-order valence-corrected chi connectivity index (χ2v) is 17.9. The molecule has 0 spiro atoms. The van der Waals surface area contributed by atoms with E-state index in [2.05, 4.69) is 87.5 Å². The number of esters is 1. The van der Waals surface area contributed by atoms with Gasteiger partial charge in [0.05, 0.1) is 0 Å². The van der Waals surface area contributed by atoms with E-state index in [1.54, 1.807) is 6.08 Å².